The van der Waals surface area contributed by atoms with E-state index in [2.05, 4.69) is 0 Å². The number of ether oxygens (including phenoxy) is 1. The second kappa shape index (κ2) is 5.83. The smallest absolute Gasteiger partial charge is 0.311 e. The van der Waals surface area contributed by atoms with Crippen molar-refractivity contribution >= 4 is 17.6 Å². The Morgan fingerprint density at radius 3 is 2.82 bits per heavy atom. The molecular formula is C11H16N3O3+. The lowest BCUT2D eigenvalue weighted by atomic mass is 10.1. The third-order valence-electron chi connectivity index (χ3n) is 2.30. The molecule has 0 radical (unpaired) electrons. The van der Waals surface area contributed by atoms with Crippen molar-refractivity contribution in [2.24, 2.45) is 0 Å². The zero-order valence-electron chi connectivity index (χ0n) is 9.68. The van der Waals surface area contributed by atoms with Crippen LogP contribution in [0.4, 0.5) is 11.4 Å². The van der Waals surface area contributed by atoms with E-state index in [0.717, 1.165) is 12.8 Å². The van der Waals surface area contributed by atoms with Crippen LogP contribution in [0.2, 0.25) is 0 Å². The number of hydrogen-bond donors (Lipinski definition) is 2. The number of nitro groups is 1. The number of nitrogens with two attached hydrogens (primary N) is 2. The largest absolute Gasteiger partial charge is 0.487 e. The zero-order chi connectivity index (χ0) is 12.8. The van der Waals surface area contributed by atoms with Gasteiger partial charge < -0.3 is 10.5 Å². The molecule has 0 fully saturated rings. The number of hydrogen-bond acceptors (Lipinski definition) is 4. The molecule has 0 bridgehead atoms. The fourth-order valence-corrected chi connectivity index (χ4v) is 1.33. The van der Waals surface area contributed by atoms with Crippen LogP contribution in [0.1, 0.15) is 25.3 Å². The Labute approximate surface area is 99.0 Å². The Bertz CT molecular complexity index is 432. The summed E-state index contributed by atoms with van der Waals surface area (Å²) in [4.78, 5) is 10.4. The van der Waals surface area contributed by atoms with Gasteiger partial charge in [-0.25, -0.2) is 0 Å². The standard InChI is InChI=1S/C11H15N3O3/c1-2-3-4-17-11-6-9(13)8(7-12)5-10(11)14(15)16/h5-7,12H,2-4,13H2,1H3/p+1. The lowest BCUT2D eigenvalue weighted by molar-refractivity contribution is -0.385. The average Bonchev–Trinajstić information content (AvgIpc) is 2.29. The molecule has 17 heavy (non-hydrogen) atoms. The highest BCUT2D eigenvalue weighted by atomic mass is 16.6. The van der Waals surface area contributed by atoms with E-state index in [9.17, 15) is 10.1 Å². The molecule has 92 valence electrons. The van der Waals surface area contributed by atoms with Crippen LogP contribution >= 0.6 is 0 Å². The van der Waals surface area contributed by atoms with E-state index >= 15 is 0 Å². The predicted octanol–water partition coefficient (Wildman–Crippen LogP) is 0.534. The molecule has 0 heterocycles. The van der Waals surface area contributed by atoms with Crippen LogP contribution in [-0.4, -0.2) is 17.7 Å². The van der Waals surface area contributed by atoms with Gasteiger partial charge in [-0.1, -0.05) is 13.3 Å². The van der Waals surface area contributed by atoms with Crippen LogP contribution in [0.3, 0.4) is 0 Å². The maximum Gasteiger partial charge on any atom is 0.311 e. The fraction of sp³-hybridized carbons (Fsp3) is 0.364. The molecular weight excluding hydrogens is 222 g/mol. The molecule has 4 N–H and O–H groups in total. The quantitative estimate of drug-likeness (QED) is 0.248. The van der Waals surface area contributed by atoms with Gasteiger partial charge in [-0.05, 0) is 6.42 Å². The summed E-state index contributed by atoms with van der Waals surface area (Å²) < 4.78 is 5.34. The summed E-state index contributed by atoms with van der Waals surface area (Å²) in [5, 5.41) is 16.2. The molecule has 1 aromatic carbocycles. The summed E-state index contributed by atoms with van der Waals surface area (Å²) in [6, 6.07) is 2.75. The van der Waals surface area contributed by atoms with Gasteiger partial charge in [0, 0.05) is 17.8 Å². The molecule has 0 aliphatic heterocycles. The van der Waals surface area contributed by atoms with E-state index < -0.39 is 4.92 Å². The summed E-state index contributed by atoms with van der Waals surface area (Å²) >= 11 is 0. The van der Waals surface area contributed by atoms with Crippen LogP contribution in [0, 0.1) is 10.1 Å². The first-order valence-corrected chi connectivity index (χ1v) is 5.35. The Balaban J connectivity index is 3.05. The average molecular weight is 238 g/mol. The van der Waals surface area contributed by atoms with Crippen LogP contribution in [0.5, 0.6) is 5.75 Å². The van der Waals surface area contributed by atoms with Crippen LogP contribution in [-0.2, 0) is 0 Å². The first kappa shape index (κ1) is 13.0. The molecule has 6 heteroatoms. The minimum atomic E-state index is -0.506. The SMILES string of the molecule is CCCCOc1cc(N)c(C=[NH2+])cc1[N+](=O)[O-]. The summed E-state index contributed by atoms with van der Waals surface area (Å²) in [5.74, 6) is 0.187. The highest BCUT2D eigenvalue weighted by Gasteiger charge is 2.18. The molecule has 0 saturated heterocycles. The number of unbranched alkanes of at least 4 members (excludes halogenated alkanes) is 1. The van der Waals surface area contributed by atoms with Crippen molar-refractivity contribution in [3.63, 3.8) is 0 Å². The molecule has 0 aliphatic rings. The van der Waals surface area contributed by atoms with Crippen molar-refractivity contribution in [2.45, 2.75) is 19.8 Å². The lowest BCUT2D eigenvalue weighted by Gasteiger charge is -2.07. The second-order valence-corrected chi connectivity index (χ2v) is 3.57. The van der Waals surface area contributed by atoms with E-state index in [1.165, 1.54) is 18.3 Å². The van der Waals surface area contributed by atoms with Crippen molar-refractivity contribution in [1.82, 2.24) is 0 Å². The Kier molecular flexibility index (Phi) is 4.45. The third-order valence-corrected chi connectivity index (χ3v) is 2.30. The fourth-order valence-electron chi connectivity index (χ4n) is 1.33. The van der Waals surface area contributed by atoms with Crippen molar-refractivity contribution in [2.75, 3.05) is 12.3 Å². The number of nitrogen functional groups attached to an aromatic ring is 1. The maximum absolute atomic E-state index is 10.9. The monoisotopic (exact) mass is 238 g/mol. The number of nitro benzene ring substituents is 1. The van der Waals surface area contributed by atoms with E-state index in [1.807, 2.05) is 6.92 Å². The van der Waals surface area contributed by atoms with E-state index in [0.29, 0.717) is 17.9 Å². The van der Waals surface area contributed by atoms with E-state index in [4.69, 9.17) is 15.9 Å². The molecule has 6 nitrogen and oxygen atoms in total. The predicted molar refractivity (Wildman–Crippen MR) is 65.0 cm³/mol. The number of benzene rings is 1. The second-order valence-electron chi connectivity index (χ2n) is 3.57. The van der Waals surface area contributed by atoms with Crippen LogP contribution in [0.15, 0.2) is 12.1 Å². The van der Waals surface area contributed by atoms with E-state index in [-0.39, 0.29) is 11.4 Å². The van der Waals surface area contributed by atoms with Gasteiger partial charge in [0.25, 0.3) is 0 Å². The number of anilines is 1. The normalized spacial score (nSPS) is 9.94. The van der Waals surface area contributed by atoms with Gasteiger partial charge in [-0.3, -0.25) is 15.5 Å². The summed E-state index contributed by atoms with van der Waals surface area (Å²) in [6.07, 6.45) is 3.03. The minimum absolute atomic E-state index is 0.119. The van der Waals surface area contributed by atoms with Gasteiger partial charge in [0.05, 0.1) is 17.1 Å². The molecule has 0 atom stereocenters. The molecule has 0 saturated carbocycles. The van der Waals surface area contributed by atoms with Gasteiger partial charge >= 0.3 is 5.69 Å². The maximum atomic E-state index is 10.9. The van der Waals surface area contributed by atoms with Crippen LogP contribution < -0.4 is 15.9 Å². The Morgan fingerprint density at radius 2 is 2.29 bits per heavy atom. The van der Waals surface area contributed by atoms with E-state index in [1.54, 1.807) is 0 Å². The summed E-state index contributed by atoms with van der Waals surface area (Å²) in [5.41, 5.74) is 6.37. The molecule has 0 amide bonds. The highest BCUT2D eigenvalue weighted by molar-refractivity contribution is 5.85. The first-order valence-electron chi connectivity index (χ1n) is 5.35. The van der Waals surface area contributed by atoms with Gasteiger partial charge in [0.2, 0.25) is 0 Å². The van der Waals surface area contributed by atoms with Crippen molar-refractivity contribution in [1.29, 1.82) is 0 Å². The highest BCUT2D eigenvalue weighted by Crippen LogP contribution is 2.31. The van der Waals surface area contributed by atoms with Gasteiger partial charge in [0.1, 0.15) is 0 Å². The Morgan fingerprint density at radius 1 is 1.59 bits per heavy atom. The lowest BCUT2D eigenvalue weighted by Crippen LogP contribution is -2.30. The molecule has 0 aliphatic carbocycles. The number of rotatable bonds is 6. The van der Waals surface area contributed by atoms with Crippen molar-refractivity contribution in [3.8, 4) is 5.75 Å². The number of nitrogens with zero attached hydrogens (tertiary/aromatic N) is 1. The minimum Gasteiger partial charge on any atom is -0.487 e. The summed E-state index contributed by atoms with van der Waals surface area (Å²) in [6.45, 7) is 2.45. The van der Waals surface area contributed by atoms with Gasteiger partial charge in [-0.15, -0.1) is 0 Å². The summed E-state index contributed by atoms with van der Waals surface area (Å²) in [7, 11) is 0. The molecule has 0 spiro atoms. The molecule has 1 aromatic rings. The van der Waals surface area contributed by atoms with Crippen molar-refractivity contribution < 1.29 is 15.1 Å². The topological polar surface area (TPSA) is 104 Å². The molecule has 1 rings (SSSR count). The van der Waals surface area contributed by atoms with Crippen LogP contribution in [0.25, 0.3) is 0 Å². The Hall–Kier alpha value is -2.11. The van der Waals surface area contributed by atoms with Gasteiger partial charge in [0.15, 0.2) is 12.0 Å². The zero-order valence-corrected chi connectivity index (χ0v) is 9.68. The molecule has 0 aromatic heterocycles. The third kappa shape index (κ3) is 3.17. The first-order chi connectivity index (χ1) is 8.10. The van der Waals surface area contributed by atoms with Crippen molar-refractivity contribution in [3.05, 3.63) is 27.8 Å². The molecule has 0 unspecified atom stereocenters. The van der Waals surface area contributed by atoms with Gasteiger partial charge in [-0.2, -0.15) is 0 Å².